The third kappa shape index (κ3) is 2.51. The van der Waals surface area contributed by atoms with Crippen LogP contribution >= 0.6 is 0 Å². The predicted octanol–water partition coefficient (Wildman–Crippen LogP) is 2.82. The Labute approximate surface area is 109 Å². The molecule has 1 aromatic carbocycles. The summed E-state index contributed by atoms with van der Waals surface area (Å²) in [5.41, 5.74) is 2.69. The highest BCUT2D eigenvalue weighted by atomic mass is 16.5. The van der Waals surface area contributed by atoms with Crippen molar-refractivity contribution in [3.8, 4) is 5.75 Å². The highest BCUT2D eigenvalue weighted by Crippen LogP contribution is 2.25. The number of fused-ring (bicyclic) bond motifs is 1. The topological polar surface area (TPSA) is 26.2 Å². The molecule has 0 unspecified atom stereocenters. The SMILES string of the molecule is CCn1c(CCCNC)cc2ccc(OC)cc21. The van der Waals surface area contributed by atoms with Crippen molar-refractivity contribution in [2.75, 3.05) is 20.7 Å². The summed E-state index contributed by atoms with van der Waals surface area (Å²) >= 11 is 0. The van der Waals surface area contributed by atoms with Crippen LogP contribution in [-0.4, -0.2) is 25.3 Å². The zero-order valence-electron chi connectivity index (χ0n) is 11.5. The van der Waals surface area contributed by atoms with Gasteiger partial charge in [0, 0.05) is 23.7 Å². The van der Waals surface area contributed by atoms with Crippen LogP contribution < -0.4 is 10.1 Å². The summed E-state index contributed by atoms with van der Waals surface area (Å²) in [7, 11) is 3.72. The first-order chi connectivity index (χ1) is 8.80. The average Bonchev–Trinajstić information content (AvgIpc) is 2.75. The van der Waals surface area contributed by atoms with E-state index in [1.165, 1.54) is 23.0 Å². The van der Waals surface area contributed by atoms with Gasteiger partial charge in [-0.2, -0.15) is 0 Å². The van der Waals surface area contributed by atoms with Gasteiger partial charge in [-0.3, -0.25) is 0 Å². The van der Waals surface area contributed by atoms with Crippen LogP contribution in [0, 0.1) is 0 Å². The maximum Gasteiger partial charge on any atom is 0.120 e. The van der Waals surface area contributed by atoms with Crippen molar-refractivity contribution in [1.82, 2.24) is 9.88 Å². The summed E-state index contributed by atoms with van der Waals surface area (Å²) in [5, 5.41) is 4.50. The van der Waals surface area contributed by atoms with Crippen molar-refractivity contribution in [2.24, 2.45) is 0 Å². The highest BCUT2D eigenvalue weighted by molar-refractivity contribution is 5.82. The zero-order chi connectivity index (χ0) is 13.0. The maximum atomic E-state index is 5.31. The van der Waals surface area contributed by atoms with Gasteiger partial charge in [-0.05, 0) is 51.6 Å². The average molecular weight is 246 g/mol. The number of hydrogen-bond donors (Lipinski definition) is 1. The van der Waals surface area contributed by atoms with Crippen LogP contribution in [0.5, 0.6) is 5.75 Å². The molecule has 1 heterocycles. The Hall–Kier alpha value is -1.48. The molecule has 0 atom stereocenters. The van der Waals surface area contributed by atoms with E-state index >= 15 is 0 Å². The molecule has 1 aromatic heterocycles. The molecule has 18 heavy (non-hydrogen) atoms. The van der Waals surface area contributed by atoms with Gasteiger partial charge in [0.2, 0.25) is 0 Å². The van der Waals surface area contributed by atoms with Crippen LogP contribution in [0.25, 0.3) is 10.9 Å². The molecule has 0 amide bonds. The van der Waals surface area contributed by atoms with E-state index in [4.69, 9.17) is 4.74 Å². The van der Waals surface area contributed by atoms with Gasteiger partial charge in [0.1, 0.15) is 5.75 Å². The van der Waals surface area contributed by atoms with Crippen LogP contribution in [0.3, 0.4) is 0 Å². The molecule has 0 spiro atoms. The quantitative estimate of drug-likeness (QED) is 0.793. The van der Waals surface area contributed by atoms with Crippen molar-refractivity contribution in [1.29, 1.82) is 0 Å². The molecular weight excluding hydrogens is 224 g/mol. The summed E-state index contributed by atoms with van der Waals surface area (Å²) in [6, 6.07) is 8.59. The van der Waals surface area contributed by atoms with E-state index < -0.39 is 0 Å². The second-order valence-corrected chi connectivity index (χ2v) is 4.51. The Morgan fingerprint density at radius 1 is 1.28 bits per heavy atom. The molecule has 0 aliphatic carbocycles. The zero-order valence-corrected chi connectivity index (χ0v) is 11.5. The summed E-state index contributed by atoms with van der Waals surface area (Å²) in [6.07, 6.45) is 2.29. The van der Waals surface area contributed by atoms with Crippen LogP contribution in [0.1, 0.15) is 19.0 Å². The first-order valence-corrected chi connectivity index (χ1v) is 6.61. The third-order valence-electron chi connectivity index (χ3n) is 3.37. The predicted molar refractivity (Wildman–Crippen MR) is 76.4 cm³/mol. The lowest BCUT2D eigenvalue weighted by molar-refractivity contribution is 0.415. The Kier molecular flexibility index (Phi) is 4.26. The normalized spacial score (nSPS) is 11.1. The lowest BCUT2D eigenvalue weighted by Gasteiger charge is -2.08. The molecule has 0 aliphatic heterocycles. The minimum atomic E-state index is 0.928. The van der Waals surface area contributed by atoms with Crippen molar-refractivity contribution < 1.29 is 4.74 Å². The van der Waals surface area contributed by atoms with Crippen LogP contribution in [0.15, 0.2) is 24.3 Å². The smallest absolute Gasteiger partial charge is 0.120 e. The van der Waals surface area contributed by atoms with Gasteiger partial charge in [0.25, 0.3) is 0 Å². The third-order valence-corrected chi connectivity index (χ3v) is 3.37. The standard InChI is InChI=1S/C15H22N2O/c1-4-17-13(6-5-9-16-2)10-12-7-8-14(18-3)11-15(12)17/h7-8,10-11,16H,4-6,9H2,1-3H3. The second-order valence-electron chi connectivity index (χ2n) is 4.51. The fourth-order valence-corrected chi connectivity index (χ4v) is 2.45. The molecule has 0 radical (unpaired) electrons. The van der Waals surface area contributed by atoms with Crippen molar-refractivity contribution >= 4 is 10.9 Å². The van der Waals surface area contributed by atoms with Crippen LogP contribution in [0.2, 0.25) is 0 Å². The lowest BCUT2D eigenvalue weighted by Crippen LogP contribution is -2.10. The van der Waals surface area contributed by atoms with Gasteiger partial charge in [-0.1, -0.05) is 0 Å². The largest absolute Gasteiger partial charge is 0.497 e. The van der Waals surface area contributed by atoms with E-state index in [0.29, 0.717) is 0 Å². The fourth-order valence-electron chi connectivity index (χ4n) is 2.45. The van der Waals surface area contributed by atoms with Gasteiger partial charge in [0.15, 0.2) is 0 Å². The fraction of sp³-hybridized carbons (Fsp3) is 0.467. The van der Waals surface area contributed by atoms with Crippen molar-refractivity contribution in [3.05, 3.63) is 30.0 Å². The molecule has 0 fully saturated rings. The number of aryl methyl sites for hydroxylation is 2. The van der Waals surface area contributed by atoms with Gasteiger partial charge >= 0.3 is 0 Å². The van der Waals surface area contributed by atoms with E-state index in [2.05, 4.69) is 35.0 Å². The number of nitrogens with zero attached hydrogens (tertiary/aromatic N) is 1. The van der Waals surface area contributed by atoms with Crippen LogP contribution in [0.4, 0.5) is 0 Å². The highest BCUT2D eigenvalue weighted by Gasteiger charge is 2.08. The summed E-state index contributed by atoms with van der Waals surface area (Å²) in [5.74, 6) is 0.928. The molecule has 2 rings (SSSR count). The molecule has 1 N–H and O–H groups in total. The van der Waals surface area contributed by atoms with Crippen molar-refractivity contribution in [3.63, 3.8) is 0 Å². The molecule has 0 aliphatic rings. The number of methoxy groups -OCH3 is 1. The van der Waals surface area contributed by atoms with Gasteiger partial charge in [-0.15, -0.1) is 0 Å². The molecule has 0 bridgehead atoms. The second kappa shape index (κ2) is 5.91. The van der Waals surface area contributed by atoms with Gasteiger partial charge < -0.3 is 14.6 Å². The summed E-state index contributed by atoms with van der Waals surface area (Å²) in [6.45, 7) is 4.26. The number of hydrogen-bond acceptors (Lipinski definition) is 2. The lowest BCUT2D eigenvalue weighted by atomic mass is 10.2. The summed E-state index contributed by atoms with van der Waals surface area (Å²) < 4.78 is 7.69. The summed E-state index contributed by atoms with van der Waals surface area (Å²) in [4.78, 5) is 0. The molecule has 0 saturated carbocycles. The number of ether oxygens (including phenoxy) is 1. The van der Waals surface area contributed by atoms with E-state index in [1.54, 1.807) is 7.11 Å². The van der Waals surface area contributed by atoms with E-state index in [9.17, 15) is 0 Å². The minimum Gasteiger partial charge on any atom is -0.497 e. The van der Waals surface area contributed by atoms with Crippen molar-refractivity contribution in [2.45, 2.75) is 26.3 Å². The number of nitrogens with one attached hydrogen (secondary N) is 1. The number of rotatable bonds is 6. The molecule has 2 aromatic rings. The maximum absolute atomic E-state index is 5.31. The Morgan fingerprint density at radius 3 is 2.78 bits per heavy atom. The van der Waals surface area contributed by atoms with E-state index in [1.807, 2.05) is 13.1 Å². The van der Waals surface area contributed by atoms with E-state index in [0.717, 1.165) is 25.3 Å². The van der Waals surface area contributed by atoms with Crippen LogP contribution in [-0.2, 0) is 13.0 Å². The Balaban J connectivity index is 2.35. The van der Waals surface area contributed by atoms with Gasteiger partial charge in [-0.25, -0.2) is 0 Å². The first kappa shape index (κ1) is 13.0. The first-order valence-electron chi connectivity index (χ1n) is 6.61. The molecule has 3 heteroatoms. The monoisotopic (exact) mass is 246 g/mol. The number of aromatic nitrogens is 1. The Bertz CT molecular complexity index is 516. The van der Waals surface area contributed by atoms with Gasteiger partial charge in [0.05, 0.1) is 12.6 Å². The van der Waals surface area contributed by atoms with E-state index in [-0.39, 0.29) is 0 Å². The minimum absolute atomic E-state index is 0.928. The molecular formula is C15H22N2O. The Morgan fingerprint density at radius 2 is 2.11 bits per heavy atom. The molecule has 0 saturated heterocycles. The number of benzene rings is 1. The molecule has 98 valence electrons. The molecule has 3 nitrogen and oxygen atoms in total.